The summed E-state index contributed by atoms with van der Waals surface area (Å²) >= 11 is 0. The fourth-order valence-corrected chi connectivity index (χ4v) is 2.77. The molecule has 1 fully saturated rings. The second-order valence-corrected chi connectivity index (χ2v) is 6.34. The van der Waals surface area contributed by atoms with Gasteiger partial charge in [0.15, 0.2) is 0 Å². The molecule has 1 heterocycles. The predicted molar refractivity (Wildman–Crippen MR) is 75.6 cm³/mol. The Labute approximate surface area is 111 Å². The summed E-state index contributed by atoms with van der Waals surface area (Å²) in [5.74, 6) is 0.460. The molecular formula is C16H25NO. The monoisotopic (exact) mass is 247 g/mol. The molecule has 0 saturated carbocycles. The highest BCUT2D eigenvalue weighted by Gasteiger charge is 2.27. The zero-order valence-electron chi connectivity index (χ0n) is 11.8. The molecule has 0 bridgehead atoms. The third-order valence-electron chi connectivity index (χ3n) is 3.83. The Morgan fingerprint density at radius 2 is 2.00 bits per heavy atom. The highest BCUT2D eigenvalue weighted by atomic mass is 16.5. The minimum atomic E-state index is 0.0979. The lowest BCUT2D eigenvalue weighted by molar-refractivity contribution is 0.0445. The summed E-state index contributed by atoms with van der Waals surface area (Å²) in [7, 11) is 0. The molecule has 1 aliphatic rings. The third-order valence-corrected chi connectivity index (χ3v) is 3.83. The largest absolute Gasteiger partial charge is 0.381 e. The average Bonchev–Trinajstić information content (AvgIpc) is 2.38. The van der Waals surface area contributed by atoms with Gasteiger partial charge in [0.05, 0.1) is 6.61 Å². The van der Waals surface area contributed by atoms with Crippen LogP contribution >= 0.6 is 0 Å². The molecule has 0 amide bonds. The van der Waals surface area contributed by atoms with Crippen molar-refractivity contribution in [2.75, 3.05) is 13.2 Å². The molecule has 2 nitrogen and oxygen atoms in total. The number of ether oxygens (including phenoxy) is 1. The molecule has 0 aliphatic carbocycles. The first-order chi connectivity index (χ1) is 8.50. The van der Waals surface area contributed by atoms with E-state index in [0.717, 1.165) is 19.6 Å². The summed E-state index contributed by atoms with van der Waals surface area (Å²) < 4.78 is 5.57. The fraction of sp³-hybridized carbons (Fsp3) is 0.625. The van der Waals surface area contributed by atoms with Gasteiger partial charge in [-0.15, -0.1) is 0 Å². The molecule has 1 aromatic rings. The molecule has 1 aromatic carbocycles. The van der Waals surface area contributed by atoms with Crippen LogP contribution in [0.5, 0.6) is 0 Å². The predicted octanol–water partition coefficient (Wildman–Crippen LogP) is 3.41. The van der Waals surface area contributed by atoms with Crippen LogP contribution in [0.2, 0.25) is 0 Å². The van der Waals surface area contributed by atoms with Gasteiger partial charge in [0, 0.05) is 18.6 Å². The van der Waals surface area contributed by atoms with E-state index in [1.54, 1.807) is 0 Å². The van der Waals surface area contributed by atoms with Gasteiger partial charge in [0.25, 0.3) is 0 Å². The summed E-state index contributed by atoms with van der Waals surface area (Å²) in [6.07, 6.45) is 2.32. The Balaban J connectivity index is 2.26. The van der Waals surface area contributed by atoms with Crippen LogP contribution in [0.4, 0.5) is 0 Å². The van der Waals surface area contributed by atoms with Gasteiger partial charge >= 0.3 is 0 Å². The van der Waals surface area contributed by atoms with E-state index in [4.69, 9.17) is 10.5 Å². The molecule has 2 unspecified atom stereocenters. The van der Waals surface area contributed by atoms with Crippen LogP contribution in [0.15, 0.2) is 24.3 Å². The molecule has 18 heavy (non-hydrogen) atoms. The van der Waals surface area contributed by atoms with Crippen LogP contribution in [-0.2, 0) is 10.2 Å². The van der Waals surface area contributed by atoms with E-state index in [2.05, 4.69) is 45.0 Å². The van der Waals surface area contributed by atoms with E-state index in [1.807, 2.05) is 0 Å². The van der Waals surface area contributed by atoms with Gasteiger partial charge in [-0.05, 0) is 29.4 Å². The van der Waals surface area contributed by atoms with Crippen LogP contribution in [0.25, 0.3) is 0 Å². The van der Waals surface area contributed by atoms with Crippen molar-refractivity contribution < 1.29 is 4.74 Å². The molecule has 2 heteroatoms. The summed E-state index contributed by atoms with van der Waals surface area (Å²) in [5.41, 5.74) is 9.29. The van der Waals surface area contributed by atoms with Crippen molar-refractivity contribution in [3.8, 4) is 0 Å². The number of benzene rings is 1. The van der Waals surface area contributed by atoms with Gasteiger partial charge in [-0.3, -0.25) is 0 Å². The summed E-state index contributed by atoms with van der Waals surface area (Å²) in [4.78, 5) is 0. The molecule has 0 spiro atoms. The minimum absolute atomic E-state index is 0.0979. The van der Waals surface area contributed by atoms with Gasteiger partial charge in [-0.1, -0.05) is 45.0 Å². The summed E-state index contributed by atoms with van der Waals surface area (Å²) in [6.45, 7) is 8.44. The van der Waals surface area contributed by atoms with E-state index in [1.165, 1.54) is 17.5 Å². The zero-order valence-corrected chi connectivity index (χ0v) is 11.8. The van der Waals surface area contributed by atoms with Crippen LogP contribution in [0, 0.1) is 5.92 Å². The SMILES string of the molecule is CC(C)(C)c1ccccc1C(N)C1CCCOC1. The summed E-state index contributed by atoms with van der Waals surface area (Å²) in [5, 5.41) is 0. The molecule has 2 N–H and O–H groups in total. The van der Waals surface area contributed by atoms with Gasteiger partial charge in [-0.25, -0.2) is 0 Å². The van der Waals surface area contributed by atoms with Crippen molar-refractivity contribution in [1.29, 1.82) is 0 Å². The number of rotatable bonds is 2. The van der Waals surface area contributed by atoms with Gasteiger partial charge in [0.2, 0.25) is 0 Å². The smallest absolute Gasteiger partial charge is 0.0512 e. The molecule has 2 rings (SSSR count). The van der Waals surface area contributed by atoms with Crippen LogP contribution < -0.4 is 5.73 Å². The quantitative estimate of drug-likeness (QED) is 0.869. The molecule has 2 atom stereocenters. The number of hydrogen-bond acceptors (Lipinski definition) is 2. The van der Waals surface area contributed by atoms with Crippen LogP contribution in [-0.4, -0.2) is 13.2 Å². The Kier molecular flexibility index (Phi) is 4.08. The highest BCUT2D eigenvalue weighted by molar-refractivity contribution is 5.35. The van der Waals surface area contributed by atoms with Crippen molar-refractivity contribution in [3.05, 3.63) is 35.4 Å². The Morgan fingerprint density at radius 3 is 2.61 bits per heavy atom. The van der Waals surface area contributed by atoms with Crippen LogP contribution in [0.3, 0.4) is 0 Å². The first-order valence-electron chi connectivity index (χ1n) is 6.93. The van der Waals surface area contributed by atoms with E-state index in [0.29, 0.717) is 5.92 Å². The maximum absolute atomic E-state index is 6.49. The lowest BCUT2D eigenvalue weighted by atomic mass is 9.78. The Bertz CT molecular complexity index is 388. The topological polar surface area (TPSA) is 35.2 Å². The summed E-state index contributed by atoms with van der Waals surface area (Å²) in [6, 6.07) is 8.68. The first kappa shape index (κ1) is 13.6. The highest BCUT2D eigenvalue weighted by Crippen LogP contribution is 2.34. The fourth-order valence-electron chi connectivity index (χ4n) is 2.77. The second kappa shape index (κ2) is 5.41. The van der Waals surface area contributed by atoms with Crippen molar-refractivity contribution in [2.24, 2.45) is 11.7 Å². The minimum Gasteiger partial charge on any atom is -0.381 e. The molecule has 0 aromatic heterocycles. The van der Waals surface area contributed by atoms with Crippen molar-refractivity contribution in [2.45, 2.75) is 45.1 Å². The Morgan fingerprint density at radius 1 is 1.28 bits per heavy atom. The Hall–Kier alpha value is -0.860. The first-order valence-corrected chi connectivity index (χ1v) is 6.93. The van der Waals surface area contributed by atoms with E-state index in [9.17, 15) is 0 Å². The third kappa shape index (κ3) is 2.93. The van der Waals surface area contributed by atoms with Crippen LogP contribution in [0.1, 0.15) is 50.8 Å². The maximum Gasteiger partial charge on any atom is 0.0512 e. The number of hydrogen-bond donors (Lipinski definition) is 1. The van der Waals surface area contributed by atoms with Crippen molar-refractivity contribution in [1.82, 2.24) is 0 Å². The van der Waals surface area contributed by atoms with E-state index < -0.39 is 0 Å². The van der Waals surface area contributed by atoms with Crippen molar-refractivity contribution >= 4 is 0 Å². The second-order valence-electron chi connectivity index (χ2n) is 6.34. The van der Waals surface area contributed by atoms with E-state index >= 15 is 0 Å². The standard InChI is InChI=1S/C16H25NO/c1-16(2,3)14-9-5-4-8-13(14)15(17)12-7-6-10-18-11-12/h4-5,8-9,12,15H,6-7,10-11,17H2,1-3H3. The molecule has 0 radical (unpaired) electrons. The lowest BCUT2D eigenvalue weighted by Gasteiger charge is -2.32. The molecule has 100 valence electrons. The molecule has 1 aliphatic heterocycles. The zero-order chi connectivity index (χ0) is 13.2. The average molecular weight is 247 g/mol. The lowest BCUT2D eigenvalue weighted by Crippen LogP contribution is -2.31. The number of nitrogens with two attached hydrogens (primary N) is 1. The van der Waals surface area contributed by atoms with E-state index in [-0.39, 0.29) is 11.5 Å². The molecule has 1 saturated heterocycles. The normalized spacial score (nSPS) is 22.8. The van der Waals surface area contributed by atoms with Gasteiger partial charge in [0.1, 0.15) is 0 Å². The van der Waals surface area contributed by atoms with Crippen molar-refractivity contribution in [3.63, 3.8) is 0 Å². The maximum atomic E-state index is 6.49. The van der Waals surface area contributed by atoms with Gasteiger partial charge < -0.3 is 10.5 Å². The molecular weight excluding hydrogens is 222 g/mol. The van der Waals surface area contributed by atoms with Gasteiger partial charge in [-0.2, -0.15) is 0 Å².